The van der Waals surface area contributed by atoms with E-state index in [1.807, 2.05) is 0 Å². The molecule has 0 bridgehead atoms. The molecule has 0 saturated heterocycles. The standard InChI is InChI=1S/C15H19F3N2O2/c16-15(17,18)11-3-1-10(2-4-11)7-20-9-19-13-5-6-22-8-12(13)14(20)21/h9-11H,1-8H2. The summed E-state index contributed by atoms with van der Waals surface area (Å²) in [6.45, 7) is 1.30. The molecule has 2 heterocycles. The Kier molecular flexibility index (Phi) is 4.25. The predicted molar refractivity (Wildman–Crippen MR) is 73.4 cm³/mol. The summed E-state index contributed by atoms with van der Waals surface area (Å²) >= 11 is 0. The Balaban J connectivity index is 1.66. The number of alkyl halides is 3. The number of hydrogen-bond donors (Lipinski definition) is 0. The van der Waals surface area contributed by atoms with Crippen molar-refractivity contribution in [1.29, 1.82) is 0 Å². The van der Waals surface area contributed by atoms with Crippen LogP contribution in [0, 0.1) is 11.8 Å². The summed E-state index contributed by atoms with van der Waals surface area (Å²) in [6, 6.07) is 0. The summed E-state index contributed by atoms with van der Waals surface area (Å²) in [5.41, 5.74) is 1.27. The van der Waals surface area contributed by atoms with Gasteiger partial charge in [0.1, 0.15) is 0 Å². The number of nitrogens with zero attached hydrogens (tertiary/aromatic N) is 2. The average molecular weight is 316 g/mol. The molecule has 1 aliphatic heterocycles. The molecule has 0 N–H and O–H groups in total. The minimum Gasteiger partial charge on any atom is -0.376 e. The SMILES string of the molecule is O=c1c2c(ncn1CC1CCC(C(F)(F)F)CC1)CCOC2. The molecule has 3 rings (SSSR count). The van der Waals surface area contributed by atoms with Crippen LogP contribution in [0.3, 0.4) is 0 Å². The van der Waals surface area contributed by atoms with Crippen molar-refractivity contribution in [3.05, 3.63) is 27.9 Å². The average Bonchev–Trinajstić information content (AvgIpc) is 2.50. The van der Waals surface area contributed by atoms with Gasteiger partial charge in [-0.2, -0.15) is 13.2 Å². The van der Waals surface area contributed by atoms with Gasteiger partial charge in [-0.3, -0.25) is 9.36 Å². The van der Waals surface area contributed by atoms with Gasteiger partial charge < -0.3 is 4.74 Å². The Morgan fingerprint density at radius 1 is 1.27 bits per heavy atom. The molecule has 1 aromatic rings. The molecule has 0 spiro atoms. The number of aromatic nitrogens is 2. The van der Waals surface area contributed by atoms with E-state index in [0.29, 0.717) is 38.0 Å². The van der Waals surface area contributed by atoms with Crippen molar-refractivity contribution in [3.8, 4) is 0 Å². The maximum absolute atomic E-state index is 12.7. The number of hydrogen-bond acceptors (Lipinski definition) is 3. The van der Waals surface area contributed by atoms with Crippen LogP contribution in [0.4, 0.5) is 13.2 Å². The molecule has 7 heteroatoms. The Labute approximate surface area is 126 Å². The van der Waals surface area contributed by atoms with Gasteiger partial charge in [-0.05, 0) is 31.6 Å². The number of ether oxygens (including phenoxy) is 1. The van der Waals surface area contributed by atoms with Gasteiger partial charge in [-0.15, -0.1) is 0 Å². The molecule has 1 aliphatic carbocycles. The second-order valence-electron chi connectivity index (χ2n) is 6.19. The molecule has 122 valence electrons. The summed E-state index contributed by atoms with van der Waals surface area (Å²) in [7, 11) is 0. The van der Waals surface area contributed by atoms with Gasteiger partial charge in [0.25, 0.3) is 5.56 Å². The first-order valence-corrected chi connectivity index (χ1v) is 7.67. The second kappa shape index (κ2) is 6.02. The van der Waals surface area contributed by atoms with Crippen molar-refractivity contribution in [2.75, 3.05) is 6.61 Å². The van der Waals surface area contributed by atoms with E-state index in [-0.39, 0.29) is 30.9 Å². The van der Waals surface area contributed by atoms with E-state index < -0.39 is 12.1 Å². The Morgan fingerprint density at radius 2 is 2.00 bits per heavy atom. The zero-order chi connectivity index (χ0) is 15.7. The minimum absolute atomic E-state index is 0.109. The van der Waals surface area contributed by atoms with Crippen LogP contribution in [-0.2, 0) is 24.3 Å². The molecule has 0 radical (unpaired) electrons. The fourth-order valence-corrected chi connectivity index (χ4v) is 3.35. The number of fused-ring (bicyclic) bond motifs is 1. The maximum Gasteiger partial charge on any atom is 0.391 e. The Hall–Kier alpha value is -1.37. The quantitative estimate of drug-likeness (QED) is 0.842. The number of halogens is 3. The fraction of sp³-hybridized carbons (Fsp3) is 0.733. The molecular weight excluding hydrogens is 297 g/mol. The second-order valence-corrected chi connectivity index (χ2v) is 6.19. The molecule has 0 unspecified atom stereocenters. The molecule has 2 aliphatic rings. The zero-order valence-electron chi connectivity index (χ0n) is 12.2. The smallest absolute Gasteiger partial charge is 0.376 e. The van der Waals surface area contributed by atoms with Gasteiger partial charge in [-0.1, -0.05) is 0 Å². The van der Waals surface area contributed by atoms with Gasteiger partial charge in [0, 0.05) is 13.0 Å². The normalized spacial score (nSPS) is 25.8. The lowest BCUT2D eigenvalue weighted by Gasteiger charge is -2.30. The van der Waals surface area contributed by atoms with Crippen molar-refractivity contribution >= 4 is 0 Å². The highest BCUT2D eigenvalue weighted by atomic mass is 19.4. The van der Waals surface area contributed by atoms with Gasteiger partial charge in [0.2, 0.25) is 0 Å². The van der Waals surface area contributed by atoms with Crippen molar-refractivity contribution in [3.63, 3.8) is 0 Å². The van der Waals surface area contributed by atoms with E-state index in [0.717, 1.165) is 5.69 Å². The van der Waals surface area contributed by atoms with E-state index in [1.165, 1.54) is 10.9 Å². The molecular formula is C15H19F3N2O2. The molecule has 22 heavy (non-hydrogen) atoms. The van der Waals surface area contributed by atoms with Gasteiger partial charge in [-0.25, -0.2) is 4.98 Å². The van der Waals surface area contributed by atoms with Gasteiger partial charge in [0.05, 0.1) is 36.7 Å². The predicted octanol–water partition coefficient (Wildman–Crippen LogP) is 2.68. The van der Waals surface area contributed by atoms with E-state index in [4.69, 9.17) is 4.74 Å². The summed E-state index contributed by atoms with van der Waals surface area (Å²) in [5, 5.41) is 0. The van der Waals surface area contributed by atoms with Crippen molar-refractivity contribution in [2.24, 2.45) is 11.8 Å². The van der Waals surface area contributed by atoms with E-state index in [2.05, 4.69) is 4.98 Å². The third-order valence-electron chi connectivity index (χ3n) is 4.71. The van der Waals surface area contributed by atoms with Gasteiger partial charge >= 0.3 is 6.18 Å². The third kappa shape index (κ3) is 3.19. The Morgan fingerprint density at radius 3 is 2.68 bits per heavy atom. The van der Waals surface area contributed by atoms with Crippen LogP contribution in [0.1, 0.15) is 36.9 Å². The highest BCUT2D eigenvalue weighted by Crippen LogP contribution is 2.39. The van der Waals surface area contributed by atoms with E-state index in [9.17, 15) is 18.0 Å². The largest absolute Gasteiger partial charge is 0.391 e. The van der Waals surface area contributed by atoms with Crippen molar-refractivity contribution < 1.29 is 17.9 Å². The first-order valence-electron chi connectivity index (χ1n) is 7.67. The minimum atomic E-state index is -4.09. The van der Waals surface area contributed by atoms with Crippen LogP contribution in [0.15, 0.2) is 11.1 Å². The molecule has 0 atom stereocenters. The van der Waals surface area contributed by atoms with Gasteiger partial charge in [0.15, 0.2) is 0 Å². The summed E-state index contributed by atoms with van der Waals surface area (Å²) in [5.74, 6) is -1.07. The van der Waals surface area contributed by atoms with Crippen LogP contribution < -0.4 is 5.56 Å². The van der Waals surface area contributed by atoms with Crippen LogP contribution in [-0.4, -0.2) is 22.3 Å². The highest BCUT2D eigenvalue weighted by Gasteiger charge is 2.41. The lowest BCUT2D eigenvalue weighted by molar-refractivity contribution is -0.184. The maximum atomic E-state index is 12.7. The molecule has 1 aromatic heterocycles. The lowest BCUT2D eigenvalue weighted by atomic mass is 9.81. The molecule has 4 nitrogen and oxygen atoms in total. The highest BCUT2D eigenvalue weighted by molar-refractivity contribution is 5.17. The monoisotopic (exact) mass is 316 g/mol. The molecule has 1 saturated carbocycles. The summed E-state index contributed by atoms with van der Waals surface area (Å²) in [6.07, 6.45) is -0.597. The summed E-state index contributed by atoms with van der Waals surface area (Å²) < 4.78 is 44.8. The van der Waals surface area contributed by atoms with Crippen LogP contribution in [0.2, 0.25) is 0 Å². The topological polar surface area (TPSA) is 44.1 Å². The zero-order valence-corrected chi connectivity index (χ0v) is 12.2. The van der Waals surface area contributed by atoms with Crippen molar-refractivity contribution in [2.45, 2.75) is 51.4 Å². The first kappa shape index (κ1) is 15.5. The van der Waals surface area contributed by atoms with E-state index in [1.54, 1.807) is 0 Å². The van der Waals surface area contributed by atoms with E-state index >= 15 is 0 Å². The number of rotatable bonds is 2. The molecule has 0 aromatic carbocycles. The first-order chi connectivity index (χ1) is 10.4. The van der Waals surface area contributed by atoms with Crippen LogP contribution in [0.5, 0.6) is 0 Å². The van der Waals surface area contributed by atoms with Crippen LogP contribution >= 0.6 is 0 Å². The Bertz CT molecular complexity index is 589. The van der Waals surface area contributed by atoms with Crippen LogP contribution in [0.25, 0.3) is 0 Å². The summed E-state index contributed by atoms with van der Waals surface area (Å²) in [4.78, 5) is 16.7. The lowest BCUT2D eigenvalue weighted by Crippen LogP contribution is -2.33. The molecule has 0 amide bonds. The fourth-order valence-electron chi connectivity index (χ4n) is 3.35. The van der Waals surface area contributed by atoms with Crippen molar-refractivity contribution in [1.82, 2.24) is 9.55 Å². The molecule has 1 fully saturated rings. The third-order valence-corrected chi connectivity index (χ3v) is 4.71.